The number of rotatable bonds is 1. The minimum absolute atomic E-state index is 0.495. The second-order valence-corrected chi connectivity index (χ2v) is 3.73. The number of aliphatic hydroxyl groups excluding tert-OH is 1. The van der Waals surface area contributed by atoms with Gasteiger partial charge in [0.2, 0.25) is 0 Å². The summed E-state index contributed by atoms with van der Waals surface area (Å²) in [7, 11) is 4.25. The molecule has 0 bridgehead atoms. The van der Waals surface area contributed by atoms with Crippen molar-refractivity contribution in [3.8, 4) is 6.07 Å². The van der Waals surface area contributed by atoms with Crippen molar-refractivity contribution in [1.29, 1.82) is 5.26 Å². The molecule has 0 aliphatic carbocycles. The summed E-state index contributed by atoms with van der Waals surface area (Å²) < 4.78 is 4.25. The molecule has 0 radical (unpaired) electrons. The molecule has 1 rings (SSSR count). The lowest BCUT2D eigenvalue weighted by Crippen LogP contribution is -2.15. The number of anilines is 1. The Morgan fingerprint density at radius 3 is 2.00 bits per heavy atom. The largest absolute Gasteiger partial charge is 0.400 e. The SMILES string of the molecule is CC(C)(C#N)c1ccccc1N.CO.COC. The quantitative estimate of drug-likeness (QED) is 0.733. The molecule has 4 heteroatoms. The fraction of sp³-hybridized carbons (Fsp3) is 0.462. The Balaban J connectivity index is 0. The van der Waals surface area contributed by atoms with Crippen molar-refractivity contribution in [2.45, 2.75) is 19.3 Å². The van der Waals surface area contributed by atoms with Crippen LogP contribution in [0.5, 0.6) is 0 Å². The van der Waals surface area contributed by atoms with Gasteiger partial charge in [-0.05, 0) is 25.5 Å². The number of hydrogen-bond acceptors (Lipinski definition) is 4. The van der Waals surface area contributed by atoms with E-state index in [9.17, 15) is 0 Å². The Morgan fingerprint density at radius 2 is 1.65 bits per heavy atom. The van der Waals surface area contributed by atoms with E-state index < -0.39 is 5.41 Å². The predicted octanol–water partition coefficient (Wildman–Crippen LogP) is 1.94. The summed E-state index contributed by atoms with van der Waals surface area (Å²) in [5.74, 6) is 0. The molecule has 0 heterocycles. The molecule has 0 aliphatic rings. The molecule has 0 atom stereocenters. The molecule has 0 aromatic heterocycles. The van der Waals surface area contributed by atoms with Crippen molar-refractivity contribution >= 4 is 5.69 Å². The highest BCUT2D eigenvalue weighted by Gasteiger charge is 2.21. The van der Waals surface area contributed by atoms with Crippen molar-refractivity contribution in [3.63, 3.8) is 0 Å². The predicted molar refractivity (Wildman–Crippen MR) is 70.6 cm³/mol. The van der Waals surface area contributed by atoms with Gasteiger partial charge in [-0.2, -0.15) is 5.26 Å². The van der Waals surface area contributed by atoms with E-state index in [4.69, 9.17) is 16.1 Å². The minimum atomic E-state index is -0.495. The van der Waals surface area contributed by atoms with Gasteiger partial charge < -0.3 is 15.6 Å². The van der Waals surface area contributed by atoms with Gasteiger partial charge in [0.25, 0.3) is 0 Å². The van der Waals surface area contributed by atoms with Crippen LogP contribution in [0.15, 0.2) is 24.3 Å². The van der Waals surface area contributed by atoms with Gasteiger partial charge in [0.1, 0.15) is 0 Å². The van der Waals surface area contributed by atoms with Crippen LogP contribution in [0.4, 0.5) is 5.69 Å². The Labute approximate surface area is 104 Å². The zero-order valence-corrected chi connectivity index (χ0v) is 11.2. The molecule has 1 aromatic rings. The summed E-state index contributed by atoms with van der Waals surface area (Å²) in [5, 5.41) is 15.9. The van der Waals surface area contributed by atoms with Gasteiger partial charge >= 0.3 is 0 Å². The van der Waals surface area contributed by atoms with Crippen LogP contribution in [0.1, 0.15) is 19.4 Å². The van der Waals surface area contributed by atoms with Crippen molar-refractivity contribution < 1.29 is 9.84 Å². The van der Waals surface area contributed by atoms with E-state index in [1.54, 1.807) is 14.2 Å². The van der Waals surface area contributed by atoms with E-state index in [1.807, 2.05) is 38.1 Å². The highest BCUT2D eigenvalue weighted by atomic mass is 16.4. The van der Waals surface area contributed by atoms with Gasteiger partial charge in [-0.1, -0.05) is 18.2 Å². The Kier molecular flexibility index (Phi) is 10.1. The number of methoxy groups -OCH3 is 1. The van der Waals surface area contributed by atoms with Crippen LogP contribution in [0.25, 0.3) is 0 Å². The third kappa shape index (κ3) is 6.56. The average Bonchev–Trinajstić information content (AvgIpc) is 2.33. The molecule has 3 N–H and O–H groups in total. The molecule has 96 valence electrons. The van der Waals surface area contributed by atoms with Gasteiger partial charge in [-0.15, -0.1) is 0 Å². The Bertz CT molecular complexity index is 344. The first-order valence-electron chi connectivity index (χ1n) is 5.10. The molecule has 0 amide bonds. The average molecular weight is 238 g/mol. The van der Waals surface area contributed by atoms with Gasteiger partial charge in [0, 0.05) is 27.0 Å². The molecule has 0 unspecified atom stereocenters. The summed E-state index contributed by atoms with van der Waals surface area (Å²) in [4.78, 5) is 0. The number of hydrogen-bond donors (Lipinski definition) is 2. The Hall–Kier alpha value is -1.57. The summed E-state index contributed by atoms with van der Waals surface area (Å²) in [6, 6.07) is 9.68. The number of nitrogen functional groups attached to an aromatic ring is 1. The first-order chi connectivity index (χ1) is 7.99. The molecule has 0 saturated carbocycles. The topological polar surface area (TPSA) is 79.3 Å². The normalized spacial score (nSPS) is 9.00. The monoisotopic (exact) mass is 238 g/mol. The number of ether oxygens (including phenoxy) is 1. The maximum Gasteiger partial charge on any atom is 0.0786 e. The van der Waals surface area contributed by atoms with E-state index >= 15 is 0 Å². The summed E-state index contributed by atoms with van der Waals surface area (Å²) in [6.07, 6.45) is 0. The molecule has 4 nitrogen and oxygen atoms in total. The minimum Gasteiger partial charge on any atom is -0.400 e. The maximum atomic E-state index is 8.87. The number of para-hydroxylation sites is 1. The van der Waals surface area contributed by atoms with Crippen LogP contribution in [-0.2, 0) is 10.2 Å². The van der Waals surface area contributed by atoms with Crippen molar-refractivity contribution in [2.24, 2.45) is 0 Å². The fourth-order valence-corrected chi connectivity index (χ4v) is 1.13. The van der Waals surface area contributed by atoms with Crippen molar-refractivity contribution in [1.82, 2.24) is 0 Å². The van der Waals surface area contributed by atoms with Crippen LogP contribution in [0.2, 0.25) is 0 Å². The third-order valence-corrected chi connectivity index (χ3v) is 1.91. The highest BCUT2D eigenvalue weighted by Crippen LogP contribution is 2.26. The Morgan fingerprint density at radius 1 is 1.24 bits per heavy atom. The number of nitrogens with zero attached hydrogens (tertiary/aromatic N) is 1. The van der Waals surface area contributed by atoms with Gasteiger partial charge in [-0.25, -0.2) is 0 Å². The van der Waals surface area contributed by atoms with E-state index in [-0.39, 0.29) is 0 Å². The van der Waals surface area contributed by atoms with Crippen LogP contribution >= 0.6 is 0 Å². The lowest BCUT2D eigenvalue weighted by molar-refractivity contribution is 0.277. The van der Waals surface area contributed by atoms with E-state index in [0.29, 0.717) is 5.69 Å². The second kappa shape index (κ2) is 9.64. The lowest BCUT2D eigenvalue weighted by Gasteiger charge is -2.17. The first-order valence-corrected chi connectivity index (χ1v) is 5.10. The number of aliphatic hydroxyl groups is 1. The van der Waals surface area contributed by atoms with Crippen LogP contribution in [-0.4, -0.2) is 26.4 Å². The molecule has 17 heavy (non-hydrogen) atoms. The molecule has 0 saturated heterocycles. The van der Waals surface area contributed by atoms with Crippen LogP contribution < -0.4 is 5.73 Å². The zero-order valence-electron chi connectivity index (χ0n) is 11.2. The molecule has 1 aromatic carbocycles. The zero-order chi connectivity index (χ0) is 13.9. The van der Waals surface area contributed by atoms with Gasteiger partial charge in [0.05, 0.1) is 11.5 Å². The van der Waals surface area contributed by atoms with Crippen LogP contribution in [0, 0.1) is 11.3 Å². The summed E-state index contributed by atoms with van der Waals surface area (Å²) in [6.45, 7) is 3.72. The third-order valence-electron chi connectivity index (χ3n) is 1.91. The number of nitriles is 1. The highest BCUT2D eigenvalue weighted by molar-refractivity contribution is 5.52. The first kappa shape index (κ1) is 17.8. The number of nitrogens with two attached hydrogens (primary N) is 1. The van der Waals surface area contributed by atoms with Gasteiger partial charge in [0.15, 0.2) is 0 Å². The molecule has 0 fully saturated rings. The lowest BCUT2D eigenvalue weighted by atomic mass is 9.85. The maximum absolute atomic E-state index is 8.87. The van der Waals surface area contributed by atoms with E-state index in [1.165, 1.54) is 0 Å². The van der Waals surface area contributed by atoms with E-state index in [0.717, 1.165) is 12.7 Å². The fourth-order valence-electron chi connectivity index (χ4n) is 1.13. The molecule has 0 aliphatic heterocycles. The smallest absolute Gasteiger partial charge is 0.0786 e. The number of benzene rings is 1. The summed E-state index contributed by atoms with van der Waals surface area (Å²) in [5.41, 5.74) is 6.82. The van der Waals surface area contributed by atoms with Crippen LogP contribution in [0.3, 0.4) is 0 Å². The van der Waals surface area contributed by atoms with Crippen molar-refractivity contribution in [2.75, 3.05) is 27.1 Å². The molecular formula is C13H22N2O2. The molecular weight excluding hydrogens is 216 g/mol. The van der Waals surface area contributed by atoms with Crippen molar-refractivity contribution in [3.05, 3.63) is 29.8 Å². The standard InChI is InChI=1S/C10H12N2.C2H6O.CH4O/c1-10(2,7-11)8-5-3-4-6-9(8)12;1-3-2;1-2/h3-6H,12H2,1-2H3;1-2H3;2H,1H3. The van der Waals surface area contributed by atoms with E-state index in [2.05, 4.69) is 10.8 Å². The summed E-state index contributed by atoms with van der Waals surface area (Å²) >= 11 is 0. The van der Waals surface area contributed by atoms with Gasteiger partial charge in [-0.3, -0.25) is 0 Å². The molecule has 0 spiro atoms. The second-order valence-electron chi connectivity index (χ2n) is 3.73.